The zero-order valence-corrected chi connectivity index (χ0v) is 10.6. The lowest BCUT2D eigenvalue weighted by Gasteiger charge is -2.17. The molecule has 1 aromatic carbocycles. The Labute approximate surface area is 102 Å². The molecule has 0 saturated heterocycles. The summed E-state index contributed by atoms with van der Waals surface area (Å²) in [6.07, 6.45) is 0.948. The number of amides is 1. The van der Waals surface area contributed by atoms with Crippen LogP contribution in [0.15, 0.2) is 24.3 Å². The molecule has 0 aliphatic rings. The first-order valence-electron chi connectivity index (χ1n) is 5.86. The summed E-state index contributed by atoms with van der Waals surface area (Å²) in [5.74, 6) is 0.559. The summed E-state index contributed by atoms with van der Waals surface area (Å²) in [6, 6.07) is 7.96. The molecule has 2 atom stereocenters. The third-order valence-corrected chi connectivity index (χ3v) is 2.95. The van der Waals surface area contributed by atoms with Gasteiger partial charge in [-0.1, -0.05) is 6.92 Å². The van der Waals surface area contributed by atoms with Crippen LogP contribution in [0.4, 0.5) is 0 Å². The summed E-state index contributed by atoms with van der Waals surface area (Å²) in [4.78, 5) is 11.1. The Bertz CT molecular complexity index is 362. The van der Waals surface area contributed by atoms with Gasteiger partial charge in [0.1, 0.15) is 11.8 Å². The van der Waals surface area contributed by atoms with E-state index in [4.69, 9.17) is 10.5 Å². The molecule has 1 amide bonds. The average molecular weight is 237 g/mol. The topological polar surface area (TPSA) is 68.9 Å². The first-order valence-corrected chi connectivity index (χ1v) is 5.86. The van der Waals surface area contributed by atoms with Gasteiger partial charge < -0.3 is 15.8 Å². The summed E-state index contributed by atoms with van der Waals surface area (Å²) in [5.41, 5.74) is 6.45. The van der Waals surface area contributed by atoms with Crippen molar-refractivity contribution in [2.75, 3.05) is 7.11 Å². The largest absolute Gasteiger partial charge is 0.497 e. The number of carbonyl (C=O) groups is 1. The minimum absolute atomic E-state index is 0.206. The number of quaternary nitrogens is 1. The molecule has 4 heteroatoms. The van der Waals surface area contributed by atoms with E-state index < -0.39 is 0 Å². The van der Waals surface area contributed by atoms with Gasteiger partial charge in [-0.05, 0) is 31.2 Å². The van der Waals surface area contributed by atoms with Crippen molar-refractivity contribution in [1.29, 1.82) is 0 Å². The molecule has 94 valence electrons. The van der Waals surface area contributed by atoms with Gasteiger partial charge in [-0.15, -0.1) is 0 Å². The molecule has 0 aliphatic carbocycles. The molecule has 0 bridgehead atoms. The van der Waals surface area contributed by atoms with E-state index in [2.05, 4.69) is 6.92 Å². The summed E-state index contributed by atoms with van der Waals surface area (Å²) in [7, 11) is 1.65. The standard InChI is InChI=1S/C13H20N2O2/c1-4-12(15-9(2)13(14)16)10-5-7-11(17-3)8-6-10/h5-9,12,15H,4H2,1-3H3,(H2,14,16)/p+1/t9-,12+/m0/s1. The van der Waals surface area contributed by atoms with E-state index in [0.717, 1.165) is 12.2 Å². The monoisotopic (exact) mass is 237 g/mol. The first-order chi connectivity index (χ1) is 8.08. The number of nitrogens with two attached hydrogens (primary N) is 2. The smallest absolute Gasteiger partial charge is 0.275 e. The zero-order chi connectivity index (χ0) is 12.8. The van der Waals surface area contributed by atoms with Crippen molar-refractivity contribution < 1.29 is 14.8 Å². The lowest BCUT2D eigenvalue weighted by atomic mass is 10.0. The molecule has 1 rings (SSSR count). The van der Waals surface area contributed by atoms with E-state index in [9.17, 15) is 4.79 Å². The molecule has 0 saturated carbocycles. The van der Waals surface area contributed by atoms with Crippen LogP contribution in [0.2, 0.25) is 0 Å². The number of hydrogen-bond acceptors (Lipinski definition) is 2. The van der Waals surface area contributed by atoms with Crippen LogP contribution in [0.3, 0.4) is 0 Å². The number of methoxy groups -OCH3 is 1. The molecule has 0 spiro atoms. The third-order valence-electron chi connectivity index (χ3n) is 2.95. The summed E-state index contributed by atoms with van der Waals surface area (Å²) in [6.45, 7) is 3.92. The van der Waals surface area contributed by atoms with Gasteiger partial charge in [-0.25, -0.2) is 0 Å². The Balaban J connectivity index is 2.75. The van der Waals surface area contributed by atoms with E-state index in [1.807, 2.05) is 36.5 Å². The normalized spacial score (nSPS) is 14.1. The van der Waals surface area contributed by atoms with Crippen molar-refractivity contribution in [1.82, 2.24) is 0 Å². The fourth-order valence-electron chi connectivity index (χ4n) is 1.78. The van der Waals surface area contributed by atoms with Gasteiger partial charge in [0.15, 0.2) is 6.04 Å². The van der Waals surface area contributed by atoms with Gasteiger partial charge in [0.25, 0.3) is 5.91 Å². The number of primary amides is 1. The van der Waals surface area contributed by atoms with Gasteiger partial charge in [-0.3, -0.25) is 4.79 Å². The van der Waals surface area contributed by atoms with Crippen LogP contribution < -0.4 is 15.8 Å². The molecular weight excluding hydrogens is 216 g/mol. The van der Waals surface area contributed by atoms with Crippen LogP contribution in [0.5, 0.6) is 5.75 Å². The average Bonchev–Trinajstić information content (AvgIpc) is 2.35. The van der Waals surface area contributed by atoms with Crippen molar-refractivity contribution in [2.45, 2.75) is 32.4 Å². The summed E-state index contributed by atoms with van der Waals surface area (Å²) >= 11 is 0. The summed E-state index contributed by atoms with van der Waals surface area (Å²) in [5, 5.41) is 2.00. The van der Waals surface area contributed by atoms with E-state index in [-0.39, 0.29) is 18.0 Å². The molecule has 0 fully saturated rings. The van der Waals surface area contributed by atoms with Gasteiger partial charge in [0.05, 0.1) is 7.11 Å². The fourth-order valence-corrected chi connectivity index (χ4v) is 1.78. The summed E-state index contributed by atoms with van der Waals surface area (Å²) < 4.78 is 5.12. The van der Waals surface area contributed by atoms with Crippen molar-refractivity contribution in [3.8, 4) is 5.75 Å². The Morgan fingerprint density at radius 1 is 1.41 bits per heavy atom. The van der Waals surface area contributed by atoms with Gasteiger partial charge in [0.2, 0.25) is 0 Å². The molecular formula is C13H21N2O2+. The maximum atomic E-state index is 11.1. The maximum Gasteiger partial charge on any atom is 0.275 e. The van der Waals surface area contributed by atoms with E-state index in [1.54, 1.807) is 7.11 Å². The Hall–Kier alpha value is -1.55. The molecule has 1 aromatic rings. The van der Waals surface area contributed by atoms with Crippen molar-refractivity contribution >= 4 is 5.91 Å². The van der Waals surface area contributed by atoms with Crippen LogP contribution in [-0.2, 0) is 4.79 Å². The third kappa shape index (κ3) is 3.75. The predicted molar refractivity (Wildman–Crippen MR) is 66.6 cm³/mol. The molecule has 0 aromatic heterocycles. The van der Waals surface area contributed by atoms with Gasteiger partial charge in [0, 0.05) is 12.0 Å². The Morgan fingerprint density at radius 3 is 2.41 bits per heavy atom. The highest BCUT2D eigenvalue weighted by atomic mass is 16.5. The van der Waals surface area contributed by atoms with Crippen molar-refractivity contribution in [3.05, 3.63) is 29.8 Å². The van der Waals surface area contributed by atoms with Crippen LogP contribution in [-0.4, -0.2) is 19.1 Å². The lowest BCUT2D eigenvalue weighted by molar-refractivity contribution is -0.713. The van der Waals surface area contributed by atoms with E-state index >= 15 is 0 Å². The number of rotatable bonds is 6. The molecule has 17 heavy (non-hydrogen) atoms. The highest BCUT2D eigenvalue weighted by Crippen LogP contribution is 2.17. The predicted octanol–water partition coefficient (Wildman–Crippen LogP) is 0.584. The number of benzene rings is 1. The zero-order valence-electron chi connectivity index (χ0n) is 10.6. The van der Waals surface area contributed by atoms with E-state index in [0.29, 0.717) is 0 Å². The number of carbonyl (C=O) groups excluding carboxylic acids is 1. The second-order valence-electron chi connectivity index (χ2n) is 4.17. The van der Waals surface area contributed by atoms with E-state index in [1.165, 1.54) is 5.56 Å². The minimum Gasteiger partial charge on any atom is -0.497 e. The molecule has 0 aliphatic heterocycles. The van der Waals surface area contributed by atoms with Crippen molar-refractivity contribution in [3.63, 3.8) is 0 Å². The van der Waals surface area contributed by atoms with Crippen LogP contribution >= 0.6 is 0 Å². The number of ether oxygens (including phenoxy) is 1. The quantitative estimate of drug-likeness (QED) is 0.760. The van der Waals surface area contributed by atoms with Crippen LogP contribution in [0.25, 0.3) is 0 Å². The Morgan fingerprint density at radius 2 is 2.00 bits per heavy atom. The maximum absolute atomic E-state index is 11.1. The van der Waals surface area contributed by atoms with Crippen LogP contribution in [0, 0.1) is 0 Å². The van der Waals surface area contributed by atoms with Gasteiger partial charge >= 0.3 is 0 Å². The highest BCUT2D eigenvalue weighted by Gasteiger charge is 2.19. The second kappa shape index (κ2) is 6.25. The minimum atomic E-state index is -0.281. The first kappa shape index (κ1) is 13.5. The lowest BCUT2D eigenvalue weighted by Crippen LogP contribution is -2.92. The molecule has 0 radical (unpaired) electrons. The second-order valence-corrected chi connectivity index (χ2v) is 4.17. The number of hydrogen-bond donors (Lipinski definition) is 2. The molecule has 0 unspecified atom stereocenters. The highest BCUT2D eigenvalue weighted by molar-refractivity contribution is 5.77. The SMILES string of the molecule is CC[C@@H]([NH2+][C@@H](C)C(N)=O)c1ccc(OC)cc1. The molecule has 4 nitrogen and oxygen atoms in total. The molecule has 0 heterocycles. The van der Waals surface area contributed by atoms with Gasteiger partial charge in [-0.2, -0.15) is 0 Å². The molecule has 4 N–H and O–H groups in total. The van der Waals surface area contributed by atoms with Crippen LogP contribution in [0.1, 0.15) is 31.9 Å². The Kier molecular flexibility index (Phi) is 4.97. The van der Waals surface area contributed by atoms with Crippen molar-refractivity contribution in [2.24, 2.45) is 5.73 Å². The fraction of sp³-hybridized carbons (Fsp3) is 0.462.